The molecule has 200 valence electrons. The monoisotopic (exact) mass is 494 g/mol. The molecule has 0 bridgehead atoms. The molecule has 0 saturated heterocycles. The fourth-order valence-electron chi connectivity index (χ4n) is 4.49. The summed E-state index contributed by atoms with van der Waals surface area (Å²) in [4.78, 5) is 12.2. The van der Waals surface area contributed by atoms with Crippen LogP contribution in [0.1, 0.15) is 129 Å². The van der Waals surface area contributed by atoms with Crippen molar-refractivity contribution in [3.8, 4) is 16.9 Å². The van der Waals surface area contributed by atoms with Gasteiger partial charge in [-0.15, -0.1) is 0 Å². The lowest BCUT2D eigenvalue weighted by Gasteiger charge is -2.14. The predicted molar refractivity (Wildman–Crippen MR) is 152 cm³/mol. The Hall–Kier alpha value is -2.29. The van der Waals surface area contributed by atoms with Crippen LogP contribution in [0.25, 0.3) is 11.1 Å². The second kappa shape index (κ2) is 18.9. The molecule has 0 amide bonds. The maximum Gasteiger partial charge on any atom is 0.306 e. The highest BCUT2D eigenvalue weighted by Gasteiger charge is 2.12. The van der Waals surface area contributed by atoms with E-state index in [-0.39, 0.29) is 12.1 Å². The normalized spacial score (nSPS) is 11.9. The standard InChI is InChI=1S/C33H50O3/c1-4-6-8-10-12-13-14-16-18-33(34)36-28(3)29-19-21-30(22-20-29)31-23-25-32(26-24-31)35-27-17-15-11-9-7-5-2/h19-26,28H,4-18,27H2,1-3H3. The maximum atomic E-state index is 12.2. The van der Waals surface area contributed by atoms with Crippen molar-refractivity contribution in [2.45, 2.75) is 123 Å². The first-order valence-corrected chi connectivity index (χ1v) is 14.7. The Morgan fingerprint density at radius 2 is 1.11 bits per heavy atom. The van der Waals surface area contributed by atoms with Crippen LogP contribution in [0, 0.1) is 0 Å². The third-order valence-electron chi connectivity index (χ3n) is 6.88. The van der Waals surface area contributed by atoms with Crippen LogP contribution in [0.15, 0.2) is 48.5 Å². The molecule has 1 unspecified atom stereocenters. The molecule has 0 heterocycles. The molecule has 1 atom stereocenters. The van der Waals surface area contributed by atoms with Crippen LogP contribution in [0.2, 0.25) is 0 Å². The Kier molecular flexibility index (Phi) is 15.7. The summed E-state index contributed by atoms with van der Waals surface area (Å²) in [5, 5.41) is 0. The number of esters is 1. The first-order chi connectivity index (χ1) is 17.6. The van der Waals surface area contributed by atoms with E-state index in [1.807, 2.05) is 6.92 Å². The number of hydrogen-bond acceptors (Lipinski definition) is 3. The average molecular weight is 495 g/mol. The van der Waals surface area contributed by atoms with E-state index in [9.17, 15) is 4.79 Å². The molecule has 2 rings (SSSR count). The molecule has 0 aliphatic heterocycles. The Balaban J connectivity index is 1.67. The summed E-state index contributed by atoms with van der Waals surface area (Å²) in [5.74, 6) is 0.843. The average Bonchev–Trinajstić information content (AvgIpc) is 2.90. The van der Waals surface area contributed by atoms with Crippen LogP contribution in [0.3, 0.4) is 0 Å². The van der Waals surface area contributed by atoms with Crippen molar-refractivity contribution < 1.29 is 14.3 Å². The van der Waals surface area contributed by atoms with Crippen LogP contribution in [-0.4, -0.2) is 12.6 Å². The van der Waals surface area contributed by atoms with Gasteiger partial charge >= 0.3 is 5.97 Å². The molecule has 2 aromatic carbocycles. The zero-order valence-electron chi connectivity index (χ0n) is 23.2. The molecule has 2 aromatic rings. The molecule has 0 aromatic heterocycles. The third kappa shape index (κ3) is 12.6. The molecule has 0 aliphatic rings. The molecule has 0 radical (unpaired) electrons. The van der Waals surface area contributed by atoms with Crippen molar-refractivity contribution in [3.05, 3.63) is 54.1 Å². The molecular weight excluding hydrogens is 444 g/mol. The molecule has 3 heteroatoms. The second-order valence-electron chi connectivity index (χ2n) is 10.1. The van der Waals surface area contributed by atoms with Gasteiger partial charge in [0.2, 0.25) is 0 Å². The van der Waals surface area contributed by atoms with Gasteiger partial charge < -0.3 is 9.47 Å². The van der Waals surface area contributed by atoms with Gasteiger partial charge in [-0.2, -0.15) is 0 Å². The minimum absolute atomic E-state index is 0.0888. The summed E-state index contributed by atoms with van der Waals surface area (Å²) >= 11 is 0. The number of benzene rings is 2. The maximum absolute atomic E-state index is 12.2. The number of rotatable bonds is 20. The topological polar surface area (TPSA) is 35.5 Å². The van der Waals surface area contributed by atoms with Crippen LogP contribution >= 0.6 is 0 Å². The van der Waals surface area contributed by atoms with Crippen LogP contribution in [-0.2, 0) is 9.53 Å². The second-order valence-corrected chi connectivity index (χ2v) is 10.1. The van der Waals surface area contributed by atoms with Crippen molar-refractivity contribution in [3.63, 3.8) is 0 Å². The highest BCUT2D eigenvalue weighted by molar-refractivity contribution is 5.69. The van der Waals surface area contributed by atoms with E-state index in [4.69, 9.17) is 9.47 Å². The summed E-state index contributed by atoms with van der Waals surface area (Å²) in [6.45, 7) is 7.23. The van der Waals surface area contributed by atoms with Gasteiger partial charge in [0, 0.05) is 6.42 Å². The van der Waals surface area contributed by atoms with E-state index < -0.39 is 0 Å². The Morgan fingerprint density at radius 1 is 0.639 bits per heavy atom. The third-order valence-corrected chi connectivity index (χ3v) is 6.88. The van der Waals surface area contributed by atoms with Gasteiger partial charge in [-0.1, -0.05) is 127 Å². The predicted octanol–water partition coefficient (Wildman–Crippen LogP) is 10.2. The quantitative estimate of drug-likeness (QED) is 0.136. The number of carbonyl (C=O) groups is 1. The first-order valence-electron chi connectivity index (χ1n) is 14.7. The van der Waals surface area contributed by atoms with E-state index in [2.05, 4.69) is 62.4 Å². The Labute approximate surface area is 221 Å². The van der Waals surface area contributed by atoms with Crippen molar-refractivity contribution >= 4 is 5.97 Å². The smallest absolute Gasteiger partial charge is 0.306 e. The molecule has 0 fully saturated rings. The van der Waals surface area contributed by atoms with Crippen molar-refractivity contribution in [2.75, 3.05) is 6.61 Å². The fourth-order valence-corrected chi connectivity index (χ4v) is 4.49. The number of hydrogen-bond donors (Lipinski definition) is 0. The highest BCUT2D eigenvalue weighted by atomic mass is 16.5. The lowest BCUT2D eigenvalue weighted by molar-refractivity contribution is -0.148. The van der Waals surface area contributed by atoms with Gasteiger partial charge in [-0.3, -0.25) is 4.79 Å². The largest absolute Gasteiger partial charge is 0.494 e. The lowest BCUT2D eigenvalue weighted by Crippen LogP contribution is -2.08. The van der Waals surface area contributed by atoms with Gasteiger partial charge in [-0.25, -0.2) is 0 Å². The van der Waals surface area contributed by atoms with Gasteiger partial charge in [0.05, 0.1) is 6.61 Å². The van der Waals surface area contributed by atoms with Gasteiger partial charge in [0.15, 0.2) is 0 Å². The molecule has 0 spiro atoms. The van der Waals surface area contributed by atoms with Gasteiger partial charge in [-0.05, 0) is 48.6 Å². The summed E-state index contributed by atoms with van der Waals surface area (Å²) in [5.41, 5.74) is 3.34. The summed E-state index contributed by atoms with van der Waals surface area (Å²) in [6, 6.07) is 16.7. The van der Waals surface area contributed by atoms with Crippen LogP contribution < -0.4 is 4.74 Å². The molecule has 0 aliphatic carbocycles. The fraction of sp³-hybridized carbons (Fsp3) is 0.606. The van der Waals surface area contributed by atoms with Crippen molar-refractivity contribution in [1.29, 1.82) is 0 Å². The molecule has 0 N–H and O–H groups in total. The van der Waals surface area contributed by atoms with Gasteiger partial charge in [0.25, 0.3) is 0 Å². The molecule has 36 heavy (non-hydrogen) atoms. The Morgan fingerprint density at radius 3 is 1.67 bits per heavy atom. The minimum Gasteiger partial charge on any atom is -0.494 e. The Bertz CT molecular complexity index is 810. The SMILES string of the molecule is CCCCCCCCCCC(=O)OC(C)c1ccc(-c2ccc(OCCCCCCCC)cc2)cc1. The highest BCUT2D eigenvalue weighted by Crippen LogP contribution is 2.26. The molecule has 0 saturated carbocycles. The van der Waals surface area contributed by atoms with E-state index in [1.54, 1.807) is 0 Å². The summed E-state index contributed by atoms with van der Waals surface area (Å²) in [7, 11) is 0. The lowest BCUT2D eigenvalue weighted by atomic mass is 10.0. The van der Waals surface area contributed by atoms with E-state index >= 15 is 0 Å². The van der Waals surface area contributed by atoms with E-state index in [0.717, 1.165) is 48.3 Å². The van der Waals surface area contributed by atoms with E-state index in [1.165, 1.54) is 70.6 Å². The summed E-state index contributed by atoms with van der Waals surface area (Å²) in [6.07, 6.45) is 17.8. The molecular formula is C33H50O3. The number of ether oxygens (including phenoxy) is 2. The first kappa shape index (κ1) is 29.9. The number of carbonyl (C=O) groups excluding carboxylic acids is 1. The minimum atomic E-state index is -0.224. The zero-order chi connectivity index (χ0) is 25.8. The molecule has 3 nitrogen and oxygen atoms in total. The summed E-state index contributed by atoms with van der Waals surface area (Å²) < 4.78 is 11.6. The van der Waals surface area contributed by atoms with Gasteiger partial charge in [0.1, 0.15) is 11.9 Å². The van der Waals surface area contributed by atoms with Crippen LogP contribution in [0.4, 0.5) is 0 Å². The number of unbranched alkanes of at least 4 members (excludes halogenated alkanes) is 12. The zero-order valence-corrected chi connectivity index (χ0v) is 23.2. The van der Waals surface area contributed by atoms with Crippen molar-refractivity contribution in [2.24, 2.45) is 0 Å². The van der Waals surface area contributed by atoms with Crippen LogP contribution in [0.5, 0.6) is 5.75 Å². The van der Waals surface area contributed by atoms with Crippen molar-refractivity contribution in [1.82, 2.24) is 0 Å². The van der Waals surface area contributed by atoms with E-state index in [0.29, 0.717) is 6.42 Å².